The summed E-state index contributed by atoms with van der Waals surface area (Å²) in [5.41, 5.74) is -10.0. The van der Waals surface area contributed by atoms with E-state index in [2.05, 4.69) is 12.6 Å². The highest BCUT2D eigenvalue weighted by atomic mass is 32.2. The molecule has 2 heterocycles. The summed E-state index contributed by atoms with van der Waals surface area (Å²) in [5, 5.41) is 21.4. The van der Waals surface area contributed by atoms with Gasteiger partial charge in [-0.15, -0.1) is 0 Å². The normalized spacial score (nSPS) is 17.4. The van der Waals surface area contributed by atoms with Crippen molar-refractivity contribution in [2.24, 2.45) is 0 Å². The molecular formula is C29H33F6N5O16S3. The molecule has 2 saturated heterocycles. The number of carbonyl (C=O) groups excluding carboxylic acids is 3. The molecule has 2 aliphatic heterocycles. The zero-order chi connectivity index (χ0) is 44.9. The first kappa shape index (κ1) is 50.1. The van der Waals surface area contributed by atoms with Crippen LogP contribution in [0.3, 0.4) is 0 Å². The van der Waals surface area contributed by atoms with Crippen molar-refractivity contribution in [3.8, 4) is 0 Å². The molecule has 4 rings (SSSR count). The van der Waals surface area contributed by atoms with Gasteiger partial charge in [-0.05, 0) is 41.8 Å². The fourth-order valence-corrected chi connectivity index (χ4v) is 5.13. The van der Waals surface area contributed by atoms with E-state index in [1.165, 1.54) is 53.4 Å². The van der Waals surface area contributed by atoms with Gasteiger partial charge in [0.05, 0.1) is 9.85 Å². The lowest BCUT2D eigenvalue weighted by Gasteiger charge is -2.37. The second kappa shape index (κ2) is 21.3. The van der Waals surface area contributed by atoms with Crippen LogP contribution < -0.4 is 0 Å². The molecule has 21 nitrogen and oxygen atoms in total. The summed E-state index contributed by atoms with van der Waals surface area (Å²) in [6.07, 6.45) is -1.11. The van der Waals surface area contributed by atoms with E-state index in [1.807, 2.05) is 4.90 Å². The Balaban J connectivity index is 0.000000630. The Bertz CT molecular complexity index is 1960. The summed E-state index contributed by atoms with van der Waals surface area (Å²) in [6.45, 7) is 2.60. The number of rotatable bonds is 10. The number of piperazine rings is 1. The summed E-state index contributed by atoms with van der Waals surface area (Å²) in [6, 6.07) is 10.6. The van der Waals surface area contributed by atoms with Crippen molar-refractivity contribution in [1.29, 1.82) is 0 Å². The summed E-state index contributed by atoms with van der Waals surface area (Å²) in [7, 11) is -11.7. The van der Waals surface area contributed by atoms with Crippen LogP contribution in [-0.2, 0) is 52.5 Å². The minimum absolute atomic E-state index is 0.0565. The molecule has 0 bridgehead atoms. The summed E-state index contributed by atoms with van der Waals surface area (Å²) >= 11 is 4.48. The molecule has 2 aromatic rings. The van der Waals surface area contributed by atoms with Crippen molar-refractivity contribution >= 4 is 62.4 Å². The maximum absolute atomic E-state index is 13.3. The molecule has 330 valence electrons. The van der Waals surface area contributed by atoms with E-state index < -0.39 is 59.4 Å². The van der Waals surface area contributed by atoms with Crippen LogP contribution in [0.5, 0.6) is 0 Å². The molecule has 0 unspecified atom stereocenters. The topological polar surface area (TPSA) is 284 Å². The molecular weight excluding hydrogens is 885 g/mol. The maximum atomic E-state index is 13.3. The second-order valence-electron chi connectivity index (χ2n) is 11.9. The zero-order valence-electron chi connectivity index (χ0n) is 29.7. The number of hydrogen-bond donors (Lipinski definition) is 3. The number of benzene rings is 2. The number of amides is 2. The third-order valence-corrected chi connectivity index (χ3v) is 9.25. The van der Waals surface area contributed by atoms with Gasteiger partial charge in [0.25, 0.3) is 11.4 Å². The van der Waals surface area contributed by atoms with E-state index in [4.69, 9.17) is 40.2 Å². The molecule has 2 aromatic carbocycles. The van der Waals surface area contributed by atoms with E-state index in [9.17, 15) is 61.0 Å². The quantitative estimate of drug-likeness (QED) is 0.0581. The van der Waals surface area contributed by atoms with Gasteiger partial charge in [0.2, 0.25) is 5.91 Å². The first-order chi connectivity index (χ1) is 27.1. The van der Waals surface area contributed by atoms with E-state index in [0.29, 0.717) is 50.3 Å². The van der Waals surface area contributed by atoms with Crippen molar-refractivity contribution in [1.82, 2.24) is 14.7 Å². The van der Waals surface area contributed by atoms with Gasteiger partial charge in [-0.3, -0.25) is 43.9 Å². The van der Waals surface area contributed by atoms with Crippen LogP contribution in [-0.4, -0.2) is 137 Å². The molecule has 0 spiro atoms. The third-order valence-electron chi connectivity index (χ3n) is 7.71. The number of nitrogens with zero attached hydrogens (tertiary/aromatic N) is 5. The number of halogens is 6. The lowest BCUT2D eigenvalue weighted by atomic mass is 10.1. The molecule has 0 radical (unpaired) electrons. The first-order valence-electron chi connectivity index (χ1n) is 16.1. The number of thiol groups is 1. The number of non-ortho nitro benzene ring substituents is 2. The molecule has 0 aliphatic carbocycles. The highest BCUT2D eigenvalue weighted by molar-refractivity contribution is 7.86. The number of nitro benzene ring substituents is 2. The largest absolute Gasteiger partial charge is 0.522 e. The highest BCUT2D eigenvalue weighted by Gasteiger charge is 2.45. The summed E-state index contributed by atoms with van der Waals surface area (Å²) in [5.74, 6) is -0.186. The Morgan fingerprint density at radius 1 is 0.746 bits per heavy atom. The highest BCUT2D eigenvalue weighted by Crippen LogP contribution is 2.26. The number of hydrogen-bond acceptors (Lipinski definition) is 16. The standard InChI is InChI=1S/C27H31N5O10S.2CHF3O3S/c33-25(24-15-23(43)16-30(24)26(34)41-17-19-1-5-21(6-2-19)31(36)37)29-11-9-28(10-12-29)13-14-40-27(35)42-18-20-3-7-22(8-4-20)32(38)39;2*2-1(3,4)8(5,6)7/h1-8,23-24,43H,9-18H2;2*(H,5,6,7)/t23-,24-;;/m0../s1. The van der Waals surface area contributed by atoms with Crippen LogP contribution in [0.2, 0.25) is 0 Å². The Hall–Kier alpha value is -5.04. The molecule has 0 aromatic heterocycles. The molecule has 2 N–H and O–H groups in total. The van der Waals surface area contributed by atoms with Crippen LogP contribution in [0.4, 0.5) is 47.3 Å². The monoisotopic (exact) mass is 917 g/mol. The number of ether oxygens (including phenoxy) is 3. The maximum Gasteiger partial charge on any atom is 0.522 e. The number of alkyl halides is 6. The van der Waals surface area contributed by atoms with Crippen molar-refractivity contribution in [2.45, 2.75) is 41.9 Å². The van der Waals surface area contributed by atoms with Gasteiger partial charge in [-0.2, -0.15) is 55.8 Å². The zero-order valence-corrected chi connectivity index (χ0v) is 32.2. The Morgan fingerprint density at radius 2 is 1.15 bits per heavy atom. The van der Waals surface area contributed by atoms with Crippen molar-refractivity contribution < 1.29 is 90.7 Å². The van der Waals surface area contributed by atoms with Gasteiger partial charge >= 0.3 is 43.5 Å². The van der Waals surface area contributed by atoms with Gasteiger partial charge in [0.1, 0.15) is 25.9 Å². The Labute approximate surface area is 335 Å². The first-order valence-corrected chi connectivity index (χ1v) is 19.5. The predicted molar refractivity (Wildman–Crippen MR) is 189 cm³/mol. The summed E-state index contributed by atoms with van der Waals surface area (Å²) in [4.78, 5) is 63.7. The van der Waals surface area contributed by atoms with Crippen LogP contribution in [0.25, 0.3) is 0 Å². The SMILES string of the molecule is O=C(OCCN1CCN(C(=O)[C@@H]2C[C@H](S)CN2C(=O)OCc2ccc([N+](=O)[O-])cc2)CC1)OCc1ccc([N+](=O)[O-])cc1.O=S(=O)(O)C(F)(F)F.O=S(=O)(O)C(F)(F)F. The van der Waals surface area contributed by atoms with E-state index in [1.54, 1.807) is 4.90 Å². The van der Waals surface area contributed by atoms with E-state index in [0.717, 1.165) is 0 Å². The molecule has 30 heteroatoms. The fraction of sp³-hybridized carbons (Fsp3) is 0.483. The third kappa shape index (κ3) is 16.6. The lowest BCUT2D eigenvalue weighted by molar-refractivity contribution is -0.385. The van der Waals surface area contributed by atoms with Gasteiger partial charge in [-0.1, -0.05) is 0 Å². The van der Waals surface area contributed by atoms with Crippen molar-refractivity contribution in [3.63, 3.8) is 0 Å². The Morgan fingerprint density at radius 3 is 1.54 bits per heavy atom. The molecule has 2 aliphatic rings. The average molecular weight is 918 g/mol. The van der Waals surface area contributed by atoms with Gasteiger partial charge in [0.15, 0.2) is 0 Å². The van der Waals surface area contributed by atoms with Crippen LogP contribution in [0.1, 0.15) is 17.5 Å². The summed E-state index contributed by atoms with van der Waals surface area (Å²) < 4.78 is 131. The average Bonchev–Trinajstić information content (AvgIpc) is 3.53. The lowest BCUT2D eigenvalue weighted by Crippen LogP contribution is -2.54. The molecule has 2 amide bonds. The predicted octanol–water partition coefficient (Wildman–Crippen LogP) is 3.80. The van der Waals surface area contributed by atoms with Gasteiger partial charge in [-0.25, -0.2) is 9.59 Å². The smallest absolute Gasteiger partial charge is 0.445 e. The minimum atomic E-state index is -5.84. The number of likely N-dealkylation sites (tertiary alicyclic amines) is 1. The van der Waals surface area contributed by atoms with Crippen LogP contribution >= 0.6 is 12.6 Å². The van der Waals surface area contributed by atoms with Crippen LogP contribution in [0, 0.1) is 20.2 Å². The van der Waals surface area contributed by atoms with E-state index in [-0.39, 0.29) is 48.9 Å². The van der Waals surface area contributed by atoms with E-state index >= 15 is 0 Å². The fourth-order valence-electron chi connectivity index (χ4n) is 4.75. The molecule has 2 fully saturated rings. The van der Waals surface area contributed by atoms with Crippen molar-refractivity contribution in [3.05, 3.63) is 79.9 Å². The molecule has 59 heavy (non-hydrogen) atoms. The second-order valence-corrected chi connectivity index (χ2v) is 15.4. The Kier molecular flexibility index (Phi) is 18.1. The van der Waals surface area contributed by atoms with Crippen LogP contribution in [0.15, 0.2) is 48.5 Å². The number of nitro groups is 2. The molecule has 2 atom stereocenters. The number of carbonyl (C=O) groups is 3. The molecule has 0 saturated carbocycles. The van der Waals surface area contributed by atoms with Crippen molar-refractivity contribution in [2.75, 3.05) is 45.9 Å². The van der Waals surface area contributed by atoms with Gasteiger partial charge < -0.3 is 19.1 Å². The minimum Gasteiger partial charge on any atom is -0.445 e. The van der Waals surface area contributed by atoms with Gasteiger partial charge in [0, 0.05) is 68.8 Å².